The number of ether oxygens (including phenoxy) is 1. The molecule has 1 aromatic rings. The van der Waals surface area contributed by atoms with Gasteiger partial charge < -0.3 is 10.1 Å². The van der Waals surface area contributed by atoms with Gasteiger partial charge in [-0.05, 0) is 45.6 Å². The Balaban J connectivity index is 1.86. The Bertz CT molecular complexity index is 369. The molecular weight excluding hydrogens is 226 g/mol. The lowest BCUT2D eigenvalue weighted by atomic mass is 9.93. The van der Waals surface area contributed by atoms with Gasteiger partial charge in [0.15, 0.2) is 0 Å². The summed E-state index contributed by atoms with van der Waals surface area (Å²) in [4.78, 5) is 0. The van der Waals surface area contributed by atoms with Crippen LogP contribution in [0.5, 0.6) is 0 Å². The van der Waals surface area contributed by atoms with Crippen LogP contribution < -0.4 is 5.32 Å². The monoisotopic (exact) mass is 251 g/mol. The molecule has 0 saturated carbocycles. The SMILES string of the molecule is CCn1nc(C)cc1CNC(C)C1CCOCC1. The molecule has 18 heavy (non-hydrogen) atoms. The van der Waals surface area contributed by atoms with Gasteiger partial charge in [0.05, 0.1) is 11.4 Å². The van der Waals surface area contributed by atoms with E-state index in [1.54, 1.807) is 0 Å². The summed E-state index contributed by atoms with van der Waals surface area (Å²) < 4.78 is 7.49. The third-order valence-electron chi connectivity index (χ3n) is 3.86. The van der Waals surface area contributed by atoms with Gasteiger partial charge in [-0.1, -0.05) is 0 Å². The molecule has 1 aliphatic rings. The zero-order valence-corrected chi connectivity index (χ0v) is 11.8. The summed E-state index contributed by atoms with van der Waals surface area (Å²) in [6, 6.07) is 2.72. The maximum Gasteiger partial charge on any atom is 0.0597 e. The van der Waals surface area contributed by atoms with Crippen LogP contribution in [0.4, 0.5) is 0 Å². The summed E-state index contributed by atoms with van der Waals surface area (Å²) in [5, 5.41) is 8.12. The molecule has 102 valence electrons. The molecule has 4 heteroatoms. The molecule has 1 unspecified atom stereocenters. The predicted molar refractivity (Wildman–Crippen MR) is 72.5 cm³/mol. The lowest BCUT2D eigenvalue weighted by Gasteiger charge is -2.28. The van der Waals surface area contributed by atoms with E-state index in [4.69, 9.17) is 4.74 Å². The van der Waals surface area contributed by atoms with Crippen molar-refractivity contribution < 1.29 is 4.74 Å². The largest absolute Gasteiger partial charge is 0.381 e. The van der Waals surface area contributed by atoms with Crippen LogP contribution in [0.2, 0.25) is 0 Å². The highest BCUT2D eigenvalue weighted by Gasteiger charge is 2.20. The summed E-state index contributed by atoms with van der Waals surface area (Å²) in [5.74, 6) is 0.748. The number of hydrogen-bond donors (Lipinski definition) is 1. The second-order valence-electron chi connectivity index (χ2n) is 5.21. The van der Waals surface area contributed by atoms with Crippen molar-refractivity contribution in [3.8, 4) is 0 Å². The van der Waals surface area contributed by atoms with Gasteiger partial charge in [-0.3, -0.25) is 4.68 Å². The van der Waals surface area contributed by atoms with Crippen molar-refractivity contribution in [1.82, 2.24) is 15.1 Å². The van der Waals surface area contributed by atoms with Gasteiger partial charge in [-0.25, -0.2) is 0 Å². The first-order chi connectivity index (χ1) is 8.70. The third kappa shape index (κ3) is 3.33. The molecule has 1 atom stereocenters. The van der Waals surface area contributed by atoms with Crippen LogP contribution in [0.25, 0.3) is 0 Å². The second kappa shape index (κ2) is 6.34. The smallest absolute Gasteiger partial charge is 0.0597 e. The summed E-state index contributed by atoms with van der Waals surface area (Å²) in [5.41, 5.74) is 2.39. The Kier molecular flexibility index (Phi) is 4.78. The molecule has 1 N–H and O–H groups in total. The minimum atomic E-state index is 0.550. The molecule has 0 aliphatic carbocycles. The van der Waals surface area contributed by atoms with Crippen LogP contribution in [0.3, 0.4) is 0 Å². The van der Waals surface area contributed by atoms with E-state index in [-0.39, 0.29) is 0 Å². The van der Waals surface area contributed by atoms with E-state index < -0.39 is 0 Å². The number of rotatable bonds is 5. The van der Waals surface area contributed by atoms with Gasteiger partial charge in [0.2, 0.25) is 0 Å². The molecule has 1 saturated heterocycles. The van der Waals surface area contributed by atoms with Gasteiger partial charge in [-0.2, -0.15) is 5.10 Å². The summed E-state index contributed by atoms with van der Waals surface area (Å²) >= 11 is 0. The van der Waals surface area contributed by atoms with E-state index in [1.165, 1.54) is 18.5 Å². The number of aryl methyl sites for hydroxylation is 2. The lowest BCUT2D eigenvalue weighted by Crippen LogP contribution is -2.36. The Morgan fingerprint density at radius 3 is 2.89 bits per heavy atom. The molecule has 1 fully saturated rings. The highest BCUT2D eigenvalue weighted by Crippen LogP contribution is 2.18. The minimum absolute atomic E-state index is 0.550. The standard InChI is InChI=1S/C14H25N3O/c1-4-17-14(9-11(2)16-17)10-15-12(3)13-5-7-18-8-6-13/h9,12-13,15H,4-8,10H2,1-3H3. The fraction of sp³-hybridized carbons (Fsp3) is 0.786. The highest BCUT2D eigenvalue weighted by molar-refractivity contribution is 5.08. The normalized spacial score (nSPS) is 19.1. The van der Waals surface area contributed by atoms with Gasteiger partial charge in [0.25, 0.3) is 0 Å². The van der Waals surface area contributed by atoms with Gasteiger partial charge in [-0.15, -0.1) is 0 Å². The molecule has 0 amide bonds. The first-order valence-corrected chi connectivity index (χ1v) is 7.05. The van der Waals surface area contributed by atoms with Crippen LogP contribution in [-0.2, 0) is 17.8 Å². The van der Waals surface area contributed by atoms with Gasteiger partial charge in [0, 0.05) is 32.3 Å². The second-order valence-corrected chi connectivity index (χ2v) is 5.21. The van der Waals surface area contributed by atoms with Crippen molar-refractivity contribution in [3.63, 3.8) is 0 Å². The molecule has 4 nitrogen and oxygen atoms in total. The van der Waals surface area contributed by atoms with Crippen LogP contribution in [0, 0.1) is 12.8 Å². The highest BCUT2D eigenvalue weighted by atomic mass is 16.5. The molecular formula is C14H25N3O. The van der Waals surface area contributed by atoms with Crippen molar-refractivity contribution in [1.29, 1.82) is 0 Å². The molecule has 0 aromatic carbocycles. The Labute approximate surface area is 110 Å². The van der Waals surface area contributed by atoms with Crippen LogP contribution in [0.1, 0.15) is 38.1 Å². The maximum atomic E-state index is 5.41. The molecule has 0 bridgehead atoms. The summed E-state index contributed by atoms with van der Waals surface area (Å²) in [7, 11) is 0. The van der Waals surface area contributed by atoms with E-state index >= 15 is 0 Å². The zero-order chi connectivity index (χ0) is 13.0. The van der Waals surface area contributed by atoms with Crippen molar-refractivity contribution in [2.75, 3.05) is 13.2 Å². The van der Waals surface area contributed by atoms with E-state index in [1.807, 2.05) is 0 Å². The van der Waals surface area contributed by atoms with E-state index in [9.17, 15) is 0 Å². The Morgan fingerprint density at radius 2 is 2.22 bits per heavy atom. The van der Waals surface area contributed by atoms with E-state index in [0.29, 0.717) is 6.04 Å². The molecule has 1 aromatic heterocycles. The van der Waals surface area contributed by atoms with Gasteiger partial charge in [0.1, 0.15) is 0 Å². The predicted octanol–water partition coefficient (Wildman–Crippen LogP) is 2.12. The summed E-state index contributed by atoms with van der Waals surface area (Å²) in [6.07, 6.45) is 2.36. The molecule has 0 radical (unpaired) electrons. The van der Waals surface area contributed by atoms with Crippen molar-refractivity contribution in [2.24, 2.45) is 5.92 Å². The van der Waals surface area contributed by atoms with Crippen molar-refractivity contribution >= 4 is 0 Å². The average molecular weight is 251 g/mol. The number of nitrogens with zero attached hydrogens (tertiary/aromatic N) is 2. The number of hydrogen-bond acceptors (Lipinski definition) is 3. The first kappa shape index (κ1) is 13.6. The fourth-order valence-electron chi connectivity index (χ4n) is 2.66. The molecule has 0 spiro atoms. The minimum Gasteiger partial charge on any atom is -0.381 e. The maximum absolute atomic E-state index is 5.41. The molecule has 1 aliphatic heterocycles. The van der Waals surface area contributed by atoms with Gasteiger partial charge >= 0.3 is 0 Å². The van der Waals surface area contributed by atoms with E-state index in [2.05, 4.69) is 41.9 Å². The third-order valence-corrected chi connectivity index (χ3v) is 3.86. The van der Waals surface area contributed by atoms with Crippen LogP contribution in [0.15, 0.2) is 6.07 Å². The molecule has 2 heterocycles. The number of aromatic nitrogens is 2. The Morgan fingerprint density at radius 1 is 1.50 bits per heavy atom. The van der Waals surface area contributed by atoms with Crippen LogP contribution >= 0.6 is 0 Å². The van der Waals surface area contributed by atoms with E-state index in [0.717, 1.165) is 37.9 Å². The lowest BCUT2D eigenvalue weighted by molar-refractivity contribution is 0.0557. The Hall–Kier alpha value is -0.870. The quantitative estimate of drug-likeness (QED) is 0.871. The topological polar surface area (TPSA) is 39.1 Å². The average Bonchev–Trinajstić information content (AvgIpc) is 2.77. The fourth-order valence-corrected chi connectivity index (χ4v) is 2.66. The van der Waals surface area contributed by atoms with Crippen molar-refractivity contribution in [2.45, 2.75) is 52.7 Å². The summed E-state index contributed by atoms with van der Waals surface area (Å²) in [6.45, 7) is 10.2. The number of nitrogens with one attached hydrogen (secondary N) is 1. The van der Waals surface area contributed by atoms with Crippen molar-refractivity contribution in [3.05, 3.63) is 17.5 Å². The van der Waals surface area contributed by atoms with Crippen LogP contribution in [-0.4, -0.2) is 29.0 Å². The zero-order valence-electron chi connectivity index (χ0n) is 11.8. The molecule has 2 rings (SSSR count). The first-order valence-electron chi connectivity index (χ1n) is 7.05.